The second-order valence-corrected chi connectivity index (χ2v) is 2.94. The summed E-state index contributed by atoms with van der Waals surface area (Å²) < 4.78 is 34.8. The van der Waals surface area contributed by atoms with Crippen molar-refractivity contribution in [1.82, 2.24) is 5.32 Å². The molecule has 0 aromatic rings. The molecule has 0 amide bonds. The molecule has 0 unspecified atom stereocenters. The highest BCUT2D eigenvalue weighted by molar-refractivity contribution is 4.92. The van der Waals surface area contributed by atoms with Crippen LogP contribution in [0.5, 0.6) is 0 Å². The quantitative estimate of drug-likeness (QED) is 0.636. The number of β-amino-alcohol motifs (C(OH)–C–C–N with tert-alkyl or cyclic N) is 1. The van der Waals surface area contributed by atoms with Crippen LogP contribution in [0.1, 0.15) is 12.8 Å². The van der Waals surface area contributed by atoms with E-state index in [0.717, 1.165) is 0 Å². The summed E-state index contributed by atoms with van der Waals surface area (Å²) in [5, 5.41) is 11.9. The highest BCUT2D eigenvalue weighted by Crippen LogP contribution is 2.27. The molecule has 5 heteroatoms. The minimum absolute atomic E-state index is 0.191. The third-order valence-corrected chi connectivity index (χ3v) is 1.78. The number of nitrogens with one attached hydrogen (secondary N) is 1. The van der Waals surface area contributed by atoms with Gasteiger partial charge in [-0.1, -0.05) is 0 Å². The first-order chi connectivity index (χ1) is 4.91. The standard InChI is InChI=1S/C6H10F3NO/c7-6(8,9)2-1-5(11)3-10-4-5/h10-11H,1-4H2. The van der Waals surface area contributed by atoms with Gasteiger partial charge in [0.25, 0.3) is 0 Å². The van der Waals surface area contributed by atoms with Crippen LogP contribution >= 0.6 is 0 Å². The summed E-state index contributed by atoms with van der Waals surface area (Å²) in [7, 11) is 0. The highest BCUT2D eigenvalue weighted by Gasteiger charge is 2.38. The topological polar surface area (TPSA) is 32.3 Å². The summed E-state index contributed by atoms with van der Waals surface area (Å²) in [5.74, 6) is 0. The van der Waals surface area contributed by atoms with Crippen molar-refractivity contribution >= 4 is 0 Å². The van der Waals surface area contributed by atoms with E-state index in [9.17, 15) is 18.3 Å². The van der Waals surface area contributed by atoms with Crippen molar-refractivity contribution in [2.45, 2.75) is 24.6 Å². The van der Waals surface area contributed by atoms with Gasteiger partial charge in [0, 0.05) is 19.5 Å². The minimum atomic E-state index is -4.15. The molecule has 1 saturated heterocycles. The second-order valence-electron chi connectivity index (χ2n) is 2.94. The van der Waals surface area contributed by atoms with Crippen LogP contribution in [0.15, 0.2) is 0 Å². The van der Waals surface area contributed by atoms with Crippen molar-refractivity contribution in [2.24, 2.45) is 0 Å². The van der Waals surface area contributed by atoms with E-state index in [0.29, 0.717) is 0 Å². The lowest BCUT2D eigenvalue weighted by Crippen LogP contribution is -2.59. The molecule has 1 aliphatic heterocycles. The van der Waals surface area contributed by atoms with Crippen molar-refractivity contribution in [3.05, 3.63) is 0 Å². The lowest BCUT2D eigenvalue weighted by Gasteiger charge is -2.37. The molecular weight excluding hydrogens is 159 g/mol. The highest BCUT2D eigenvalue weighted by atomic mass is 19.4. The number of hydrogen-bond donors (Lipinski definition) is 2. The molecule has 66 valence electrons. The van der Waals surface area contributed by atoms with Crippen LogP contribution in [0.3, 0.4) is 0 Å². The van der Waals surface area contributed by atoms with Gasteiger partial charge in [-0.15, -0.1) is 0 Å². The van der Waals surface area contributed by atoms with Crippen LogP contribution in [0.25, 0.3) is 0 Å². The lowest BCUT2D eigenvalue weighted by atomic mass is 9.91. The Bertz CT molecular complexity index is 141. The molecule has 1 rings (SSSR count). The van der Waals surface area contributed by atoms with Crippen LogP contribution in [0.2, 0.25) is 0 Å². The maximum absolute atomic E-state index is 11.6. The van der Waals surface area contributed by atoms with E-state index in [1.807, 2.05) is 0 Å². The SMILES string of the molecule is OC1(CCC(F)(F)F)CNC1. The summed E-state index contributed by atoms with van der Waals surface area (Å²) in [6, 6.07) is 0. The molecule has 2 nitrogen and oxygen atoms in total. The first kappa shape index (κ1) is 8.80. The summed E-state index contributed by atoms with van der Waals surface area (Å²) in [5.41, 5.74) is -1.10. The van der Waals surface area contributed by atoms with Crippen molar-refractivity contribution in [3.63, 3.8) is 0 Å². The van der Waals surface area contributed by atoms with Gasteiger partial charge in [-0.25, -0.2) is 0 Å². The third kappa shape index (κ3) is 2.67. The van der Waals surface area contributed by atoms with E-state index < -0.39 is 18.2 Å². The van der Waals surface area contributed by atoms with Gasteiger partial charge in [0.05, 0.1) is 5.60 Å². The van der Waals surface area contributed by atoms with Crippen molar-refractivity contribution < 1.29 is 18.3 Å². The van der Waals surface area contributed by atoms with Crippen LogP contribution in [0, 0.1) is 0 Å². The van der Waals surface area contributed by atoms with Gasteiger partial charge in [-0.2, -0.15) is 13.2 Å². The molecule has 0 radical (unpaired) electrons. The summed E-state index contributed by atoms with van der Waals surface area (Å²) >= 11 is 0. The Morgan fingerprint density at radius 1 is 1.36 bits per heavy atom. The third-order valence-electron chi connectivity index (χ3n) is 1.78. The molecule has 0 aromatic carbocycles. The second kappa shape index (κ2) is 2.64. The summed E-state index contributed by atoms with van der Waals surface area (Å²) in [4.78, 5) is 0. The van der Waals surface area contributed by atoms with Gasteiger partial charge in [0.1, 0.15) is 0 Å². The van der Waals surface area contributed by atoms with Crippen LogP contribution in [-0.4, -0.2) is 30.0 Å². The average molecular weight is 169 g/mol. The fourth-order valence-corrected chi connectivity index (χ4v) is 0.965. The van der Waals surface area contributed by atoms with Crippen molar-refractivity contribution in [3.8, 4) is 0 Å². The normalized spacial score (nSPS) is 22.9. The van der Waals surface area contributed by atoms with Gasteiger partial charge in [0.15, 0.2) is 0 Å². The van der Waals surface area contributed by atoms with Gasteiger partial charge >= 0.3 is 6.18 Å². The summed E-state index contributed by atoms with van der Waals surface area (Å²) in [6.45, 7) is 0.562. The number of hydrogen-bond acceptors (Lipinski definition) is 2. The largest absolute Gasteiger partial charge is 0.389 e. The zero-order valence-corrected chi connectivity index (χ0v) is 5.91. The van der Waals surface area contributed by atoms with E-state index in [2.05, 4.69) is 5.32 Å². The molecule has 0 bridgehead atoms. The van der Waals surface area contributed by atoms with Gasteiger partial charge in [-0.3, -0.25) is 0 Å². The Balaban J connectivity index is 2.21. The van der Waals surface area contributed by atoms with Crippen molar-refractivity contribution in [2.75, 3.05) is 13.1 Å². The minimum Gasteiger partial charge on any atom is -0.387 e. The molecule has 0 aromatic heterocycles. The van der Waals surface area contributed by atoms with Crippen molar-refractivity contribution in [1.29, 1.82) is 0 Å². The molecule has 1 fully saturated rings. The number of alkyl halides is 3. The molecule has 1 aliphatic rings. The predicted octanol–water partition coefficient (Wildman–Crippen LogP) is 0.663. The van der Waals surface area contributed by atoms with Gasteiger partial charge < -0.3 is 10.4 Å². The van der Waals surface area contributed by atoms with E-state index in [4.69, 9.17) is 0 Å². The Morgan fingerprint density at radius 2 is 1.91 bits per heavy atom. The molecule has 11 heavy (non-hydrogen) atoms. The predicted molar refractivity (Wildman–Crippen MR) is 33.1 cm³/mol. The maximum Gasteiger partial charge on any atom is 0.389 e. The fourth-order valence-electron chi connectivity index (χ4n) is 0.965. The Kier molecular flexibility index (Phi) is 2.11. The molecule has 0 saturated carbocycles. The summed E-state index contributed by atoms with van der Waals surface area (Å²) in [6.07, 6.45) is -5.24. The first-order valence-electron chi connectivity index (χ1n) is 3.41. The molecule has 1 heterocycles. The van der Waals surface area contributed by atoms with Gasteiger partial charge in [0.2, 0.25) is 0 Å². The molecule has 0 spiro atoms. The Hall–Kier alpha value is -0.290. The molecular formula is C6H10F3NO. The van der Waals surface area contributed by atoms with E-state index >= 15 is 0 Å². The zero-order valence-electron chi connectivity index (χ0n) is 5.91. The zero-order chi connectivity index (χ0) is 8.54. The van der Waals surface area contributed by atoms with Crippen LogP contribution < -0.4 is 5.32 Å². The number of aliphatic hydroxyl groups is 1. The van der Waals surface area contributed by atoms with E-state index in [-0.39, 0.29) is 19.5 Å². The smallest absolute Gasteiger partial charge is 0.387 e. The Labute approximate surface area is 62.4 Å². The molecule has 0 aliphatic carbocycles. The Morgan fingerprint density at radius 3 is 2.18 bits per heavy atom. The van der Waals surface area contributed by atoms with Gasteiger partial charge in [-0.05, 0) is 6.42 Å². The first-order valence-corrected chi connectivity index (χ1v) is 3.41. The maximum atomic E-state index is 11.6. The number of halogens is 3. The molecule has 0 atom stereocenters. The monoisotopic (exact) mass is 169 g/mol. The molecule has 2 N–H and O–H groups in total. The fraction of sp³-hybridized carbons (Fsp3) is 1.00. The van der Waals surface area contributed by atoms with Crippen LogP contribution in [0.4, 0.5) is 13.2 Å². The van der Waals surface area contributed by atoms with E-state index in [1.165, 1.54) is 0 Å². The number of rotatable bonds is 2. The lowest BCUT2D eigenvalue weighted by molar-refractivity contribution is -0.150. The van der Waals surface area contributed by atoms with Crippen LogP contribution in [-0.2, 0) is 0 Å². The van der Waals surface area contributed by atoms with E-state index in [1.54, 1.807) is 0 Å². The average Bonchev–Trinajstić information content (AvgIpc) is 1.77.